The highest BCUT2D eigenvalue weighted by molar-refractivity contribution is 7.99. The first-order valence-corrected chi connectivity index (χ1v) is 7.76. The molecule has 0 aromatic carbocycles. The quantitative estimate of drug-likeness (QED) is 0.893. The molecule has 0 bridgehead atoms. The summed E-state index contributed by atoms with van der Waals surface area (Å²) >= 11 is 3.08. The van der Waals surface area contributed by atoms with Crippen LogP contribution in [0.5, 0.6) is 0 Å². The van der Waals surface area contributed by atoms with Crippen molar-refractivity contribution in [3.8, 4) is 0 Å². The van der Waals surface area contributed by atoms with Crippen LogP contribution in [0.4, 0.5) is 0 Å². The van der Waals surface area contributed by atoms with Crippen LogP contribution in [0.3, 0.4) is 0 Å². The van der Waals surface area contributed by atoms with Gasteiger partial charge in [-0.05, 0) is 48.3 Å². The molecule has 1 aromatic rings. The number of carbonyl (C=O) groups is 2. The minimum atomic E-state index is -1.08. The van der Waals surface area contributed by atoms with Gasteiger partial charge in [-0.2, -0.15) is 11.8 Å². The minimum absolute atomic E-state index is 0.267. The summed E-state index contributed by atoms with van der Waals surface area (Å²) in [4.78, 5) is 24.2. The first kappa shape index (κ1) is 13.4. The number of thioether (sulfide) groups is 1. The van der Waals surface area contributed by atoms with Crippen molar-refractivity contribution in [2.24, 2.45) is 0 Å². The second kappa shape index (κ2) is 5.32. The lowest BCUT2D eigenvalue weighted by atomic mass is 9.92. The van der Waals surface area contributed by atoms with Gasteiger partial charge >= 0.3 is 5.97 Å². The number of nitrogens with one attached hydrogen (secondary N) is 1. The molecule has 6 heteroatoms. The normalized spacial score (nSPS) is 18.3. The summed E-state index contributed by atoms with van der Waals surface area (Å²) in [5, 5.41) is 14.0. The Labute approximate surface area is 114 Å². The van der Waals surface area contributed by atoms with Crippen LogP contribution >= 0.6 is 23.1 Å². The average molecular weight is 285 g/mol. The lowest BCUT2D eigenvalue weighted by Crippen LogP contribution is -2.56. The predicted octanol–water partition coefficient (Wildman–Crippen LogP) is 2.14. The Morgan fingerprint density at radius 3 is 2.56 bits per heavy atom. The third-order valence-electron chi connectivity index (χ3n) is 3.18. The molecule has 1 aliphatic heterocycles. The van der Waals surface area contributed by atoms with Gasteiger partial charge in [0, 0.05) is 0 Å². The van der Waals surface area contributed by atoms with E-state index in [9.17, 15) is 14.7 Å². The zero-order valence-corrected chi connectivity index (χ0v) is 11.7. The van der Waals surface area contributed by atoms with Crippen molar-refractivity contribution in [1.29, 1.82) is 0 Å². The van der Waals surface area contributed by atoms with Gasteiger partial charge < -0.3 is 10.4 Å². The van der Waals surface area contributed by atoms with Gasteiger partial charge in [-0.3, -0.25) is 4.79 Å². The lowest BCUT2D eigenvalue weighted by molar-refractivity contribution is -0.144. The maximum Gasteiger partial charge on any atom is 0.329 e. The summed E-state index contributed by atoms with van der Waals surface area (Å²) in [6.45, 7) is 1.86. The molecular formula is C12H15NO3S2. The van der Waals surface area contributed by atoms with Crippen molar-refractivity contribution in [3.05, 3.63) is 21.9 Å². The SMILES string of the molecule is Cc1ccsc1C(=O)NC1(C(=O)O)CCSCC1. The van der Waals surface area contributed by atoms with E-state index in [0.29, 0.717) is 17.7 Å². The number of thiophene rings is 1. The Bertz CT molecular complexity index is 464. The van der Waals surface area contributed by atoms with E-state index < -0.39 is 11.5 Å². The van der Waals surface area contributed by atoms with Crippen molar-refractivity contribution in [2.45, 2.75) is 25.3 Å². The highest BCUT2D eigenvalue weighted by atomic mass is 32.2. The molecule has 0 atom stereocenters. The zero-order chi connectivity index (χ0) is 13.2. The van der Waals surface area contributed by atoms with Crippen LogP contribution in [-0.2, 0) is 4.79 Å². The van der Waals surface area contributed by atoms with Gasteiger partial charge in [-0.25, -0.2) is 4.79 Å². The molecule has 0 unspecified atom stereocenters. The van der Waals surface area contributed by atoms with Gasteiger partial charge in [-0.1, -0.05) is 0 Å². The number of hydrogen-bond acceptors (Lipinski definition) is 4. The summed E-state index contributed by atoms with van der Waals surface area (Å²) in [6.07, 6.45) is 0.978. The fourth-order valence-electron chi connectivity index (χ4n) is 1.99. The molecule has 0 spiro atoms. The fourth-order valence-corrected chi connectivity index (χ4v) is 4.00. The highest BCUT2D eigenvalue weighted by Gasteiger charge is 2.41. The van der Waals surface area contributed by atoms with E-state index in [2.05, 4.69) is 5.32 Å². The number of carbonyl (C=O) groups excluding carboxylic acids is 1. The topological polar surface area (TPSA) is 66.4 Å². The molecule has 1 saturated heterocycles. The summed E-state index contributed by atoms with van der Waals surface area (Å²) in [5.41, 5.74) is -0.193. The number of carboxylic acids is 1. The molecule has 0 aliphatic carbocycles. The molecule has 18 heavy (non-hydrogen) atoms. The van der Waals surface area contributed by atoms with Crippen molar-refractivity contribution in [1.82, 2.24) is 5.32 Å². The molecule has 1 aromatic heterocycles. The van der Waals surface area contributed by atoms with E-state index in [4.69, 9.17) is 0 Å². The summed E-state index contributed by atoms with van der Waals surface area (Å²) in [7, 11) is 0. The van der Waals surface area contributed by atoms with Crippen LogP contribution < -0.4 is 5.32 Å². The Morgan fingerprint density at radius 1 is 1.39 bits per heavy atom. The summed E-state index contributed by atoms with van der Waals surface area (Å²) in [6, 6.07) is 1.86. The van der Waals surface area contributed by atoms with Crippen LogP contribution in [0.1, 0.15) is 28.1 Å². The first-order valence-electron chi connectivity index (χ1n) is 5.73. The van der Waals surface area contributed by atoms with Gasteiger partial charge in [0.05, 0.1) is 4.88 Å². The second-order valence-electron chi connectivity index (χ2n) is 4.39. The van der Waals surface area contributed by atoms with Crippen molar-refractivity contribution < 1.29 is 14.7 Å². The van der Waals surface area contributed by atoms with E-state index >= 15 is 0 Å². The second-order valence-corrected chi connectivity index (χ2v) is 6.53. The molecule has 2 rings (SSSR count). The van der Waals surface area contributed by atoms with E-state index in [1.807, 2.05) is 18.4 Å². The van der Waals surface area contributed by atoms with Gasteiger partial charge in [0.15, 0.2) is 0 Å². The smallest absolute Gasteiger partial charge is 0.329 e. The third kappa shape index (κ3) is 2.54. The van der Waals surface area contributed by atoms with Crippen LogP contribution in [-0.4, -0.2) is 34.0 Å². The largest absolute Gasteiger partial charge is 0.480 e. The minimum Gasteiger partial charge on any atom is -0.480 e. The molecule has 1 fully saturated rings. The van der Waals surface area contributed by atoms with Gasteiger partial charge in [0.2, 0.25) is 0 Å². The van der Waals surface area contributed by atoms with E-state index in [1.54, 1.807) is 11.8 Å². The van der Waals surface area contributed by atoms with Crippen LogP contribution in [0.25, 0.3) is 0 Å². The maximum atomic E-state index is 12.1. The molecule has 2 N–H and O–H groups in total. The Balaban J connectivity index is 2.17. The molecule has 98 valence electrons. The highest BCUT2D eigenvalue weighted by Crippen LogP contribution is 2.28. The Morgan fingerprint density at radius 2 is 2.06 bits per heavy atom. The number of carboxylic acid groups (broad SMARTS) is 1. The van der Waals surface area contributed by atoms with E-state index in [-0.39, 0.29) is 5.91 Å². The first-order chi connectivity index (χ1) is 8.55. The van der Waals surface area contributed by atoms with Crippen molar-refractivity contribution >= 4 is 35.0 Å². The molecular weight excluding hydrogens is 270 g/mol. The van der Waals surface area contributed by atoms with E-state index in [0.717, 1.165) is 17.1 Å². The maximum absolute atomic E-state index is 12.1. The summed E-state index contributed by atoms with van der Waals surface area (Å²) < 4.78 is 0. The molecule has 1 aliphatic rings. The standard InChI is InChI=1S/C12H15NO3S2/c1-8-2-5-18-9(8)10(14)13-12(11(15)16)3-6-17-7-4-12/h2,5H,3-4,6-7H2,1H3,(H,13,14)(H,15,16). The van der Waals surface area contributed by atoms with Gasteiger partial charge in [-0.15, -0.1) is 11.3 Å². The Hall–Kier alpha value is -1.01. The molecule has 1 amide bonds. The van der Waals surface area contributed by atoms with Crippen LogP contribution in [0, 0.1) is 6.92 Å². The van der Waals surface area contributed by atoms with E-state index in [1.165, 1.54) is 11.3 Å². The number of amides is 1. The van der Waals surface area contributed by atoms with Crippen molar-refractivity contribution in [2.75, 3.05) is 11.5 Å². The summed E-state index contributed by atoms with van der Waals surface area (Å²) in [5.74, 6) is 0.355. The van der Waals surface area contributed by atoms with Crippen LogP contribution in [0.15, 0.2) is 11.4 Å². The predicted molar refractivity (Wildman–Crippen MR) is 73.4 cm³/mol. The fraction of sp³-hybridized carbons (Fsp3) is 0.500. The van der Waals surface area contributed by atoms with Gasteiger partial charge in [0.1, 0.15) is 5.54 Å². The molecule has 0 saturated carbocycles. The third-order valence-corrected chi connectivity index (χ3v) is 5.18. The molecule has 2 heterocycles. The monoisotopic (exact) mass is 285 g/mol. The van der Waals surface area contributed by atoms with Gasteiger partial charge in [0.25, 0.3) is 5.91 Å². The van der Waals surface area contributed by atoms with Crippen molar-refractivity contribution in [3.63, 3.8) is 0 Å². The number of rotatable bonds is 3. The molecule has 4 nitrogen and oxygen atoms in total. The number of aryl methyl sites for hydroxylation is 1. The number of aliphatic carboxylic acids is 1. The molecule has 0 radical (unpaired) electrons. The Kier molecular flexibility index (Phi) is 3.97. The lowest BCUT2D eigenvalue weighted by Gasteiger charge is -2.33. The average Bonchev–Trinajstić information content (AvgIpc) is 2.76. The van der Waals surface area contributed by atoms with Crippen LogP contribution in [0.2, 0.25) is 0 Å². The zero-order valence-electron chi connectivity index (χ0n) is 10.1. The number of hydrogen-bond donors (Lipinski definition) is 2.